The van der Waals surface area contributed by atoms with E-state index in [1.165, 1.54) is 10.9 Å². The average Bonchev–Trinajstić information content (AvgIpc) is 3.07. The van der Waals surface area contributed by atoms with Crippen molar-refractivity contribution in [1.29, 1.82) is 0 Å². The maximum atomic E-state index is 12.7. The fourth-order valence-electron chi connectivity index (χ4n) is 3.74. The number of rotatable bonds is 6. The molecule has 1 aliphatic rings. The summed E-state index contributed by atoms with van der Waals surface area (Å²) >= 11 is 0. The van der Waals surface area contributed by atoms with Gasteiger partial charge in [-0.2, -0.15) is 0 Å². The zero-order valence-corrected chi connectivity index (χ0v) is 17.4. The molecule has 1 aromatic heterocycles. The first kappa shape index (κ1) is 19.9. The second-order valence-electron chi connectivity index (χ2n) is 7.53. The number of carbonyl (C=O) groups excluding carboxylic acids is 1. The van der Waals surface area contributed by atoms with Crippen LogP contribution in [-0.2, 0) is 17.8 Å². The number of para-hydroxylation sites is 1. The Labute approximate surface area is 174 Å². The molecule has 4 rings (SSSR count). The summed E-state index contributed by atoms with van der Waals surface area (Å²) in [6.45, 7) is 6.57. The van der Waals surface area contributed by atoms with Gasteiger partial charge in [-0.25, -0.2) is 4.98 Å². The predicted molar refractivity (Wildman–Crippen MR) is 115 cm³/mol. The lowest BCUT2D eigenvalue weighted by Gasteiger charge is -2.14. The van der Waals surface area contributed by atoms with Crippen molar-refractivity contribution in [3.8, 4) is 11.5 Å². The SMILES string of the molecule is CCOc1cc2c(cc1NC(=O)CCn1cnc3c(C)cccc3c1=O)OC(C)C2. The topological polar surface area (TPSA) is 82.5 Å². The van der Waals surface area contributed by atoms with Crippen molar-refractivity contribution in [2.45, 2.75) is 46.3 Å². The van der Waals surface area contributed by atoms with E-state index in [1.54, 1.807) is 6.07 Å². The van der Waals surface area contributed by atoms with Crippen molar-refractivity contribution >= 4 is 22.5 Å². The Morgan fingerprint density at radius 2 is 2.20 bits per heavy atom. The van der Waals surface area contributed by atoms with E-state index in [4.69, 9.17) is 9.47 Å². The van der Waals surface area contributed by atoms with Crippen LogP contribution in [0.5, 0.6) is 11.5 Å². The first-order valence-electron chi connectivity index (χ1n) is 10.2. The summed E-state index contributed by atoms with van der Waals surface area (Å²) in [6.07, 6.45) is 2.57. The molecule has 1 amide bonds. The van der Waals surface area contributed by atoms with Crippen LogP contribution < -0.4 is 20.3 Å². The van der Waals surface area contributed by atoms with Gasteiger partial charge in [-0.05, 0) is 38.5 Å². The highest BCUT2D eigenvalue weighted by atomic mass is 16.5. The van der Waals surface area contributed by atoms with Crippen LogP contribution in [0.3, 0.4) is 0 Å². The van der Waals surface area contributed by atoms with E-state index in [1.807, 2.05) is 45.0 Å². The number of hydrogen-bond donors (Lipinski definition) is 1. The summed E-state index contributed by atoms with van der Waals surface area (Å²) < 4.78 is 13.0. The second kappa shape index (κ2) is 8.18. The van der Waals surface area contributed by atoms with Gasteiger partial charge < -0.3 is 14.8 Å². The van der Waals surface area contributed by atoms with Gasteiger partial charge in [-0.3, -0.25) is 14.2 Å². The van der Waals surface area contributed by atoms with Crippen molar-refractivity contribution in [1.82, 2.24) is 9.55 Å². The van der Waals surface area contributed by atoms with E-state index in [0.717, 1.165) is 23.3 Å². The molecule has 0 spiro atoms. The van der Waals surface area contributed by atoms with Gasteiger partial charge in [0.1, 0.15) is 17.6 Å². The van der Waals surface area contributed by atoms with Crippen molar-refractivity contribution in [3.05, 3.63) is 58.1 Å². The van der Waals surface area contributed by atoms with E-state index in [-0.39, 0.29) is 30.5 Å². The number of nitrogens with one attached hydrogen (secondary N) is 1. The Hall–Kier alpha value is -3.35. The lowest BCUT2D eigenvalue weighted by atomic mass is 10.1. The summed E-state index contributed by atoms with van der Waals surface area (Å²) in [6, 6.07) is 9.26. The summed E-state index contributed by atoms with van der Waals surface area (Å²) in [7, 11) is 0. The van der Waals surface area contributed by atoms with Gasteiger partial charge >= 0.3 is 0 Å². The van der Waals surface area contributed by atoms with Crippen molar-refractivity contribution < 1.29 is 14.3 Å². The maximum Gasteiger partial charge on any atom is 0.261 e. The zero-order valence-electron chi connectivity index (χ0n) is 17.4. The fourth-order valence-corrected chi connectivity index (χ4v) is 3.74. The van der Waals surface area contributed by atoms with E-state index in [0.29, 0.717) is 28.9 Å². The number of carbonyl (C=O) groups is 1. The Kier molecular flexibility index (Phi) is 5.44. The smallest absolute Gasteiger partial charge is 0.261 e. The lowest BCUT2D eigenvalue weighted by molar-refractivity contribution is -0.116. The molecular formula is C23H25N3O4. The third kappa shape index (κ3) is 3.87. The number of aromatic nitrogens is 2. The molecule has 0 saturated carbocycles. The van der Waals surface area contributed by atoms with Crippen molar-refractivity contribution in [3.63, 3.8) is 0 Å². The molecule has 30 heavy (non-hydrogen) atoms. The van der Waals surface area contributed by atoms with Gasteiger partial charge in [0, 0.05) is 31.0 Å². The molecule has 0 bridgehead atoms. The molecular weight excluding hydrogens is 382 g/mol. The molecule has 0 radical (unpaired) electrons. The Morgan fingerprint density at radius 3 is 3.00 bits per heavy atom. The van der Waals surface area contributed by atoms with Gasteiger partial charge in [0.05, 0.1) is 29.5 Å². The minimum Gasteiger partial charge on any atom is -0.492 e. The number of benzene rings is 2. The normalized spacial score (nSPS) is 15.0. The van der Waals surface area contributed by atoms with Crippen LogP contribution in [0.1, 0.15) is 31.4 Å². The third-order valence-corrected chi connectivity index (χ3v) is 5.21. The number of aryl methyl sites for hydroxylation is 2. The summed E-state index contributed by atoms with van der Waals surface area (Å²) in [5, 5.41) is 3.45. The minimum atomic E-state index is -0.210. The zero-order chi connectivity index (χ0) is 21.3. The standard InChI is InChI=1S/C23H25N3O4/c1-4-29-20-11-16-10-15(3)30-19(16)12-18(20)25-21(27)8-9-26-13-24-22-14(2)6-5-7-17(22)23(26)28/h5-7,11-13,15H,4,8-10H2,1-3H3,(H,25,27). The Balaban J connectivity index is 1.49. The van der Waals surface area contributed by atoms with Crippen LogP contribution in [0.15, 0.2) is 41.5 Å². The van der Waals surface area contributed by atoms with Crippen molar-refractivity contribution in [2.75, 3.05) is 11.9 Å². The van der Waals surface area contributed by atoms with Crippen LogP contribution in [0, 0.1) is 6.92 Å². The number of anilines is 1. The van der Waals surface area contributed by atoms with Crippen LogP contribution in [0.4, 0.5) is 5.69 Å². The number of amides is 1. The third-order valence-electron chi connectivity index (χ3n) is 5.21. The van der Waals surface area contributed by atoms with Crippen LogP contribution in [0.25, 0.3) is 10.9 Å². The predicted octanol–water partition coefficient (Wildman–Crippen LogP) is 3.46. The maximum absolute atomic E-state index is 12.7. The summed E-state index contributed by atoms with van der Waals surface area (Å²) in [5.74, 6) is 1.19. The largest absolute Gasteiger partial charge is 0.492 e. The quantitative estimate of drug-likeness (QED) is 0.677. The first-order chi connectivity index (χ1) is 14.5. The molecule has 7 nitrogen and oxygen atoms in total. The Morgan fingerprint density at radius 1 is 1.37 bits per heavy atom. The number of ether oxygens (including phenoxy) is 2. The van der Waals surface area contributed by atoms with E-state index < -0.39 is 0 Å². The molecule has 7 heteroatoms. The molecule has 2 heterocycles. The van der Waals surface area contributed by atoms with E-state index in [2.05, 4.69) is 10.3 Å². The molecule has 0 saturated heterocycles. The summed E-state index contributed by atoms with van der Waals surface area (Å²) in [5.41, 5.74) is 3.15. The first-order valence-corrected chi connectivity index (χ1v) is 10.2. The van der Waals surface area contributed by atoms with Gasteiger partial charge in [0.25, 0.3) is 5.56 Å². The Bertz CT molecular complexity index is 1170. The summed E-state index contributed by atoms with van der Waals surface area (Å²) in [4.78, 5) is 29.7. The molecule has 1 unspecified atom stereocenters. The highest BCUT2D eigenvalue weighted by molar-refractivity contribution is 5.92. The number of nitrogens with zero attached hydrogens (tertiary/aromatic N) is 2. The highest BCUT2D eigenvalue weighted by Crippen LogP contribution is 2.38. The molecule has 156 valence electrons. The molecule has 3 aromatic rings. The highest BCUT2D eigenvalue weighted by Gasteiger charge is 2.22. The van der Waals surface area contributed by atoms with Gasteiger partial charge in [-0.15, -0.1) is 0 Å². The molecule has 0 fully saturated rings. The monoisotopic (exact) mass is 407 g/mol. The lowest BCUT2D eigenvalue weighted by Crippen LogP contribution is -2.24. The van der Waals surface area contributed by atoms with Crippen LogP contribution in [-0.4, -0.2) is 28.2 Å². The second-order valence-corrected chi connectivity index (χ2v) is 7.53. The van der Waals surface area contributed by atoms with Crippen LogP contribution >= 0.6 is 0 Å². The van der Waals surface area contributed by atoms with Crippen LogP contribution in [0.2, 0.25) is 0 Å². The average molecular weight is 407 g/mol. The van der Waals surface area contributed by atoms with Gasteiger partial charge in [0.2, 0.25) is 5.91 Å². The number of hydrogen-bond acceptors (Lipinski definition) is 5. The van der Waals surface area contributed by atoms with E-state index >= 15 is 0 Å². The molecule has 1 aliphatic heterocycles. The fraction of sp³-hybridized carbons (Fsp3) is 0.348. The molecule has 0 aliphatic carbocycles. The number of fused-ring (bicyclic) bond motifs is 2. The molecule has 1 atom stereocenters. The van der Waals surface area contributed by atoms with Gasteiger partial charge in [0.15, 0.2) is 0 Å². The minimum absolute atomic E-state index is 0.108. The van der Waals surface area contributed by atoms with Crippen molar-refractivity contribution in [2.24, 2.45) is 0 Å². The van der Waals surface area contributed by atoms with Gasteiger partial charge in [-0.1, -0.05) is 12.1 Å². The molecule has 1 N–H and O–H groups in total. The van der Waals surface area contributed by atoms with E-state index in [9.17, 15) is 9.59 Å². The molecule has 2 aromatic carbocycles.